The molecule has 0 bridgehead atoms. The lowest BCUT2D eigenvalue weighted by molar-refractivity contribution is -0.0640. The van der Waals surface area contributed by atoms with E-state index in [1.165, 1.54) is 0 Å². The third-order valence-corrected chi connectivity index (χ3v) is 8.47. The van der Waals surface area contributed by atoms with Crippen LogP contribution in [0.3, 0.4) is 0 Å². The highest BCUT2D eigenvalue weighted by atomic mass is 35.5. The maximum atomic E-state index is 11.5. The molecule has 0 unspecified atom stereocenters. The van der Waals surface area contributed by atoms with Crippen LogP contribution in [0.4, 0.5) is 0 Å². The van der Waals surface area contributed by atoms with Crippen molar-refractivity contribution in [2.75, 3.05) is 0 Å². The summed E-state index contributed by atoms with van der Waals surface area (Å²) in [7, 11) is 1.92. The minimum Gasteiger partial charge on any atom is -0.385 e. The van der Waals surface area contributed by atoms with E-state index >= 15 is 0 Å². The number of nitrogens with zero attached hydrogens (tertiary/aromatic N) is 3. The predicted octanol–water partition coefficient (Wildman–Crippen LogP) is 7.24. The molecule has 0 radical (unpaired) electrons. The van der Waals surface area contributed by atoms with E-state index in [0.717, 1.165) is 53.5 Å². The van der Waals surface area contributed by atoms with E-state index < -0.39 is 5.60 Å². The largest absolute Gasteiger partial charge is 0.385 e. The molecule has 0 amide bonds. The van der Waals surface area contributed by atoms with Gasteiger partial charge in [0.25, 0.3) is 0 Å². The summed E-state index contributed by atoms with van der Waals surface area (Å²) in [4.78, 5) is 0. The van der Waals surface area contributed by atoms with Crippen LogP contribution in [0.1, 0.15) is 66.9 Å². The molecular weight excluding hydrogens is 509 g/mol. The lowest BCUT2D eigenvalue weighted by Gasteiger charge is -2.36. The lowest BCUT2D eigenvalue weighted by Crippen LogP contribution is -2.34. The summed E-state index contributed by atoms with van der Waals surface area (Å²) >= 11 is 13.0. The third kappa shape index (κ3) is 4.45. The maximum absolute atomic E-state index is 11.5. The first kappa shape index (κ1) is 24.5. The van der Waals surface area contributed by atoms with Crippen LogP contribution in [0.2, 0.25) is 10.0 Å². The van der Waals surface area contributed by atoms with Crippen LogP contribution in [0.5, 0.6) is 0 Å². The van der Waals surface area contributed by atoms with Crippen molar-refractivity contribution < 1.29 is 14.4 Å². The minimum atomic E-state index is -0.919. The number of hydrogen-bond donors (Lipinski definition) is 1. The quantitative estimate of drug-likeness (QED) is 0.281. The van der Waals surface area contributed by atoms with Crippen molar-refractivity contribution >= 4 is 34.1 Å². The number of halogens is 2. The highest BCUT2D eigenvalue weighted by molar-refractivity contribution is 6.39. The summed E-state index contributed by atoms with van der Waals surface area (Å²) in [5, 5.41) is 27.2. The topological polar surface area (TPSA) is 84.2 Å². The molecule has 1 N–H and O–H groups in total. The third-order valence-electron chi connectivity index (χ3n) is 7.84. The Morgan fingerprint density at radius 2 is 1.89 bits per heavy atom. The fraction of sp³-hybridized carbons (Fsp3) is 0.379. The second-order valence-corrected chi connectivity index (χ2v) is 11.1. The monoisotopic (exact) mass is 535 g/mol. The molecule has 6 nitrogen and oxygen atoms in total. The van der Waals surface area contributed by atoms with Crippen LogP contribution in [0.25, 0.3) is 22.2 Å². The molecule has 2 saturated carbocycles. The molecule has 0 spiro atoms. The Balaban J connectivity index is 1.18. The average molecular weight is 536 g/mol. The number of nitriles is 1. The van der Waals surface area contributed by atoms with E-state index in [4.69, 9.17) is 32.5 Å². The molecule has 0 atom stereocenters. The van der Waals surface area contributed by atoms with Crippen molar-refractivity contribution in [3.63, 3.8) is 0 Å². The molecule has 2 aromatic carbocycles. The Morgan fingerprint density at radius 3 is 2.57 bits per heavy atom. The highest BCUT2D eigenvalue weighted by Crippen LogP contribution is 2.46. The number of aryl methyl sites for hydroxylation is 1. The van der Waals surface area contributed by atoms with Crippen LogP contribution in [-0.4, -0.2) is 20.9 Å². The maximum Gasteiger partial charge on any atom is 0.145 e. The summed E-state index contributed by atoms with van der Waals surface area (Å²) in [6, 6.07) is 13.6. The molecule has 6 rings (SSSR count). The molecule has 4 aromatic rings. The van der Waals surface area contributed by atoms with Crippen LogP contribution in [-0.2, 0) is 24.0 Å². The van der Waals surface area contributed by atoms with Crippen molar-refractivity contribution in [2.45, 2.75) is 62.8 Å². The molecule has 37 heavy (non-hydrogen) atoms. The molecule has 2 aliphatic rings. The minimum absolute atomic E-state index is 0.0146. The SMILES string of the molecule is Cn1cc(C#N)c2ccc([C@]3(O)CC[C@@H](OCc4c(-c5c(Cl)cccc5Cl)noc4C4CC4)CC3)cc21. The Labute approximate surface area is 225 Å². The Kier molecular flexibility index (Phi) is 6.29. The van der Waals surface area contributed by atoms with Crippen LogP contribution in [0.15, 0.2) is 47.1 Å². The number of benzene rings is 2. The molecule has 190 valence electrons. The van der Waals surface area contributed by atoms with Gasteiger partial charge in [-0.05, 0) is 62.3 Å². The Morgan fingerprint density at radius 1 is 1.16 bits per heavy atom. The summed E-state index contributed by atoms with van der Waals surface area (Å²) in [5.74, 6) is 1.23. The van der Waals surface area contributed by atoms with Gasteiger partial charge in [0, 0.05) is 41.2 Å². The molecule has 2 aromatic heterocycles. The Bertz CT molecular complexity index is 1500. The van der Waals surface area contributed by atoms with Crippen LogP contribution < -0.4 is 0 Å². The Hall–Kier alpha value is -2.82. The lowest BCUT2D eigenvalue weighted by atomic mass is 9.78. The molecule has 2 aliphatic carbocycles. The van der Waals surface area contributed by atoms with Gasteiger partial charge in [-0.15, -0.1) is 0 Å². The first-order chi connectivity index (χ1) is 17.9. The van der Waals surface area contributed by atoms with Gasteiger partial charge in [0.05, 0.1) is 33.9 Å². The number of hydrogen-bond acceptors (Lipinski definition) is 5. The number of fused-ring (bicyclic) bond motifs is 1. The molecular formula is C29H27Cl2N3O3. The van der Waals surface area contributed by atoms with Gasteiger partial charge in [0.15, 0.2) is 0 Å². The van der Waals surface area contributed by atoms with Gasteiger partial charge in [-0.2, -0.15) is 5.26 Å². The summed E-state index contributed by atoms with van der Waals surface area (Å²) in [5.41, 5.74) is 3.80. The smallest absolute Gasteiger partial charge is 0.145 e. The molecule has 2 heterocycles. The van der Waals surface area contributed by atoms with E-state index in [1.807, 2.05) is 42.1 Å². The normalized spacial score (nSPS) is 21.9. The van der Waals surface area contributed by atoms with Gasteiger partial charge in [-0.3, -0.25) is 0 Å². The van der Waals surface area contributed by atoms with Gasteiger partial charge < -0.3 is 18.9 Å². The fourth-order valence-electron chi connectivity index (χ4n) is 5.54. The molecule has 2 fully saturated rings. The number of aromatic nitrogens is 2. The standard InChI is InChI=1S/C29H27Cl2N3O3/c1-34-15-18(14-32)21-8-7-19(13-25(21)34)29(35)11-9-20(10-12-29)36-16-22-27(33-37-28(22)17-5-6-17)26-23(30)3-2-4-24(26)31/h2-4,7-8,13,15,17,20,35H,5-6,9-12,16H2,1H3/t20-,29+. The van der Waals surface area contributed by atoms with E-state index in [-0.39, 0.29) is 6.10 Å². The summed E-state index contributed by atoms with van der Waals surface area (Å²) < 4.78 is 14.1. The summed E-state index contributed by atoms with van der Waals surface area (Å²) in [6.45, 7) is 0.363. The second-order valence-electron chi connectivity index (χ2n) is 10.3. The zero-order chi connectivity index (χ0) is 25.7. The van der Waals surface area contributed by atoms with Gasteiger partial charge >= 0.3 is 0 Å². The second kappa shape index (κ2) is 9.49. The van der Waals surface area contributed by atoms with E-state index in [0.29, 0.717) is 52.2 Å². The number of aliphatic hydroxyl groups is 1. The van der Waals surface area contributed by atoms with Gasteiger partial charge in [-0.1, -0.05) is 46.6 Å². The zero-order valence-electron chi connectivity index (χ0n) is 20.5. The van der Waals surface area contributed by atoms with Gasteiger partial charge in [-0.25, -0.2) is 0 Å². The van der Waals surface area contributed by atoms with Crippen molar-refractivity contribution in [3.8, 4) is 17.3 Å². The van der Waals surface area contributed by atoms with Crippen LogP contribution in [0, 0.1) is 11.3 Å². The van der Waals surface area contributed by atoms with Crippen LogP contribution >= 0.6 is 23.2 Å². The van der Waals surface area contributed by atoms with E-state index in [2.05, 4.69) is 11.2 Å². The number of ether oxygens (including phenoxy) is 1. The van der Waals surface area contributed by atoms with E-state index in [1.54, 1.807) is 12.1 Å². The first-order valence-electron chi connectivity index (χ1n) is 12.6. The molecule has 8 heteroatoms. The number of rotatable bonds is 6. The van der Waals surface area contributed by atoms with Crippen molar-refractivity contribution in [3.05, 3.63) is 75.1 Å². The molecule has 0 saturated heterocycles. The average Bonchev–Trinajstić information content (AvgIpc) is 3.58. The molecule has 0 aliphatic heterocycles. The van der Waals surface area contributed by atoms with Gasteiger partial charge in [0.2, 0.25) is 0 Å². The first-order valence-corrected chi connectivity index (χ1v) is 13.4. The summed E-state index contributed by atoms with van der Waals surface area (Å²) in [6.07, 6.45) is 6.66. The highest BCUT2D eigenvalue weighted by Gasteiger charge is 2.37. The predicted molar refractivity (Wildman–Crippen MR) is 143 cm³/mol. The fourth-order valence-corrected chi connectivity index (χ4v) is 6.11. The van der Waals surface area contributed by atoms with Gasteiger partial charge in [0.1, 0.15) is 17.5 Å². The van der Waals surface area contributed by atoms with Crippen molar-refractivity contribution in [1.29, 1.82) is 5.26 Å². The van der Waals surface area contributed by atoms with Crippen molar-refractivity contribution in [2.24, 2.45) is 7.05 Å². The zero-order valence-corrected chi connectivity index (χ0v) is 22.0. The van der Waals surface area contributed by atoms with Crippen molar-refractivity contribution in [1.82, 2.24) is 9.72 Å². The van der Waals surface area contributed by atoms with E-state index in [9.17, 15) is 10.4 Å².